The Bertz CT molecular complexity index is 650. The Labute approximate surface area is 145 Å². The van der Waals surface area contributed by atoms with Gasteiger partial charge in [-0.05, 0) is 35.4 Å². The predicted octanol–water partition coefficient (Wildman–Crippen LogP) is 3.66. The van der Waals surface area contributed by atoms with Crippen LogP contribution in [0.2, 0.25) is 10.0 Å². The smallest absolute Gasteiger partial charge is 0.161 e. The quantitative estimate of drug-likeness (QED) is 0.709. The van der Waals surface area contributed by atoms with Crippen molar-refractivity contribution in [1.82, 2.24) is 5.32 Å². The van der Waals surface area contributed by atoms with Gasteiger partial charge >= 0.3 is 0 Å². The first kappa shape index (κ1) is 17.9. The lowest BCUT2D eigenvalue weighted by Crippen LogP contribution is -2.17. The zero-order chi connectivity index (χ0) is 16.7. The molecule has 4 nitrogen and oxygen atoms in total. The Morgan fingerprint density at radius 1 is 1.00 bits per heavy atom. The molecule has 0 aliphatic rings. The second-order valence-corrected chi connectivity index (χ2v) is 5.74. The van der Waals surface area contributed by atoms with Gasteiger partial charge in [-0.15, -0.1) is 0 Å². The largest absolute Gasteiger partial charge is 0.493 e. The summed E-state index contributed by atoms with van der Waals surface area (Å²) in [6, 6.07) is 11.1. The van der Waals surface area contributed by atoms with Gasteiger partial charge in [0, 0.05) is 13.1 Å². The molecule has 124 valence electrons. The fraction of sp³-hybridized carbons (Fsp3) is 0.294. The minimum absolute atomic E-state index is 0.113. The van der Waals surface area contributed by atoms with E-state index in [0.29, 0.717) is 41.2 Å². The second kappa shape index (κ2) is 8.99. The van der Waals surface area contributed by atoms with Crippen LogP contribution in [0.3, 0.4) is 0 Å². The average molecular weight is 356 g/mol. The van der Waals surface area contributed by atoms with Crippen molar-refractivity contribution in [2.75, 3.05) is 20.3 Å². The number of hydrogen-bond donors (Lipinski definition) is 2. The summed E-state index contributed by atoms with van der Waals surface area (Å²) in [7, 11) is 1.60. The van der Waals surface area contributed by atoms with E-state index in [1.807, 2.05) is 24.3 Å². The van der Waals surface area contributed by atoms with Crippen LogP contribution in [0.4, 0.5) is 0 Å². The first-order valence-electron chi connectivity index (χ1n) is 7.19. The average Bonchev–Trinajstić information content (AvgIpc) is 2.56. The summed E-state index contributed by atoms with van der Waals surface area (Å²) in [5, 5.41) is 12.9. The minimum atomic E-state index is 0.113. The molecule has 0 saturated heterocycles. The standard InChI is InChI=1S/C17H19Cl2NO3/c1-22-17-9-12(10-20-6-7-21)3-5-16(17)23-11-13-2-4-14(18)15(19)8-13/h2-5,8-9,20-21H,6-7,10-11H2,1H3. The summed E-state index contributed by atoms with van der Waals surface area (Å²) in [6.07, 6.45) is 0. The second-order valence-electron chi connectivity index (χ2n) is 4.92. The Hall–Kier alpha value is -1.46. The van der Waals surface area contributed by atoms with Crippen LogP contribution in [0.15, 0.2) is 36.4 Å². The molecule has 0 heterocycles. The number of halogens is 2. The maximum atomic E-state index is 8.78. The SMILES string of the molecule is COc1cc(CNCCO)ccc1OCc1ccc(Cl)c(Cl)c1. The predicted molar refractivity (Wildman–Crippen MR) is 92.6 cm³/mol. The Morgan fingerprint density at radius 3 is 2.48 bits per heavy atom. The molecule has 0 unspecified atom stereocenters. The van der Waals surface area contributed by atoms with E-state index in [4.69, 9.17) is 37.8 Å². The highest BCUT2D eigenvalue weighted by molar-refractivity contribution is 6.42. The number of benzene rings is 2. The molecule has 0 radical (unpaired) electrons. The summed E-state index contributed by atoms with van der Waals surface area (Å²) in [5.74, 6) is 1.32. The molecule has 0 amide bonds. The van der Waals surface area contributed by atoms with Crippen molar-refractivity contribution in [3.05, 3.63) is 57.6 Å². The summed E-state index contributed by atoms with van der Waals surface area (Å²) >= 11 is 11.9. The Kier molecular flexibility index (Phi) is 6.99. The maximum Gasteiger partial charge on any atom is 0.161 e. The Morgan fingerprint density at radius 2 is 1.78 bits per heavy atom. The summed E-state index contributed by atoms with van der Waals surface area (Å²) in [6.45, 7) is 1.69. The molecule has 0 saturated carbocycles. The van der Waals surface area contributed by atoms with Gasteiger partial charge in [-0.1, -0.05) is 35.3 Å². The third kappa shape index (κ3) is 5.29. The van der Waals surface area contributed by atoms with Crippen LogP contribution in [0.1, 0.15) is 11.1 Å². The minimum Gasteiger partial charge on any atom is -0.493 e. The molecular formula is C17H19Cl2NO3. The van der Waals surface area contributed by atoms with Crippen molar-refractivity contribution in [3.8, 4) is 11.5 Å². The fourth-order valence-corrected chi connectivity index (χ4v) is 2.36. The molecular weight excluding hydrogens is 337 g/mol. The molecule has 0 fully saturated rings. The fourth-order valence-electron chi connectivity index (χ4n) is 2.04. The topological polar surface area (TPSA) is 50.7 Å². The van der Waals surface area contributed by atoms with Crippen molar-refractivity contribution in [2.45, 2.75) is 13.2 Å². The third-order valence-corrected chi connectivity index (χ3v) is 3.96. The van der Waals surface area contributed by atoms with Gasteiger partial charge in [0.05, 0.1) is 23.8 Å². The molecule has 0 atom stereocenters. The monoisotopic (exact) mass is 355 g/mol. The van der Waals surface area contributed by atoms with Crippen LogP contribution < -0.4 is 14.8 Å². The van der Waals surface area contributed by atoms with E-state index in [1.54, 1.807) is 19.2 Å². The van der Waals surface area contributed by atoms with Gasteiger partial charge in [-0.3, -0.25) is 0 Å². The van der Waals surface area contributed by atoms with Crippen LogP contribution in [0.5, 0.6) is 11.5 Å². The zero-order valence-corrected chi connectivity index (χ0v) is 14.3. The number of rotatable bonds is 8. The van der Waals surface area contributed by atoms with Crippen molar-refractivity contribution in [1.29, 1.82) is 0 Å². The number of methoxy groups -OCH3 is 1. The van der Waals surface area contributed by atoms with Crippen molar-refractivity contribution in [2.24, 2.45) is 0 Å². The van der Waals surface area contributed by atoms with Crippen molar-refractivity contribution < 1.29 is 14.6 Å². The van der Waals surface area contributed by atoms with Crippen LogP contribution in [-0.4, -0.2) is 25.4 Å². The first-order chi connectivity index (χ1) is 11.1. The van der Waals surface area contributed by atoms with Crippen molar-refractivity contribution in [3.63, 3.8) is 0 Å². The van der Waals surface area contributed by atoms with Gasteiger partial charge in [-0.2, -0.15) is 0 Å². The molecule has 23 heavy (non-hydrogen) atoms. The van der Waals surface area contributed by atoms with E-state index in [9.17, 15) is 0 Å². The molecule has 0 bridgehead atoms. The lowest BCUT2D eigenvalue weighted by molar-refractivity contribution is 0.284. The van der Waals surface area contributed by atoms with Crippen LogP contribution in [-0.2, 0) is 13.2 Å². The van der Waals surface area contributed by atoms with Crippen LogP contribution in [0, 0.1) is 0 Å². The Balaban J connectivity index is 2.02. The molecule has 2 aromatic rings. The number of hydrogen-bond acceptors (Lipinski definition) is 4. The first-order valence-corrected chi connectivity index (χ1v) is 7.95. The molecule has 0 aliphatic carbocycles. The van der Waals surface area contributed by atoms with Gasteiger partial charge in [0.15, 0.2) is 11.5 Å². The van der Waals surface area contributed by atoms with Gasteiger partial charge in [0.25, 0.3) is 0 Å². The summed E-state index contributed by atoms with van der Waals surface area (Å²) < 4.78 is 11.2. The van der Waals surface area contributed by atoms with E-state index in [1.165, 1.54) is 0 Å². The third-order valence-electron chi connectivity index (χ3n) is 3.22. The van der Waals surface area contributed by atoms with Gasteiger partial charge in [0.2, 0.25) is 0 Å². The molecule has 0 aliphatic heterocycles. The lowest BCUT2D eigenvalue weighted by atomic mass is 10.2. The lowest BCUT2D eigenvalue weighted by Gasteiger charge is -2.13. The van der Waals surface area contributed by atoms with Crippen LogP contribution >= 0.6 is 23.2 Å². The normalized spacial score (nSPS) is 10.6. The molecule has 0 aromatic heterocycles. The van der Waals surface area contributed by atoms with E-state index >= 15 is 0 Å². The molecule has 6 heteroatoms. The highest BCUT2D eigenvalue weighted by Crippen LogP contribution is 2.29. The maximum absolute atomic E-state index is 8.78. The highest BCUT2D eigenvalue weighted by Gasteiger charge is 2.07. The molecule has 2 aromatic carbocycles. The molecule has 2 N–H and O–H groups in total. The molecule has 2 rings (SSSR count). The van der Waals surface area contributed by atoms with Gasteiger partial charge < -0.3 is 19.9 Å². The summed E-state index contributed by atoms with van der Waals surface area (Å²) in [5.41, 5.74) is 1.98. The summed E-state index contributed by atoms with van der Waals surface area (Å²) in [4.78, 5) is 0. The van der Waals surface area contributed by atoms with Crippen molar-refractivity contribution >= 4 is 23.2 Å². The highest BCUT2D eigenvalue weighted by atomic mass is 35.5. The van der Waals surface area contributed by atoms with E-state index in [-0.39, 0.29) is 6.61 Å². The number of aliphatic hydroxyl groups is 1. The molecule has 0 spiro atoms. The number of nitrogens with one attached hydrogen (secondary N) is 1. The van der Waals surface area contributed by atoms with E-state index in [0.717, 1.165) is 11.1 Å². The van der Waals surface area contributed by atoms with Crippen LogP contribution in [0.25, 0.3) is 0 Å². The van der Waals surface area contributed by atoms with Gasteiger partial charge in [0.1, 0.15) is 6.61 Å². The number of aliphatic hydroxyl groups excluding tert-OH is 1. The van der Waals surface area contributed by atoms with E-state index in [2.05, 4.69) is 5.32 Å². The number of ether oxygens (including phenoxy) is 2. The zero-order valence-electron chi connectivity index (χ0n) is 12.8. The van der Waals surface area contributed by atoms with Gasteiger partial charge in [-0.25, -0.2) is 0 Å². The van der Waals surface area contributed by atoms with E-state index < -0.39 is 0 Å².